The Hall–Kier alpha value is -2.16. The first kappa shape index (κ1) is 14.3. The lowest BCUT2D eigenvalue weighted by Gasteiger charge is -2.19. The summed E-state index contributed by atoms with van der Waals surface area (Å²) < 4.78 is 0. The minimum absolute atomic E-state index is 0.175. The molecule has 1 heterocycles. The monoisotopic (exact) mass is 267 g/mol. The van der Waals surface area contributed by atoms with Crippen LogP contribution in [0.4, 0.5) is 5.69 Å². The quantitative estimate of drug-likeness (QED) is 0.668. The van der Waals surface area contributed by atoms with E-state index in [2.05, 4.69) is 60.5 Å². The van der Waals surface area contributed by atoms with Gasteiger partial charge in [0.1, 0.15) is 0 Å². The summed E-state index contributed by atoms with van der Waals surface area (Å²) in [7, 11) is 0. The average Bonchev–Trinajstić information content (AvgIpc) is 2.45. The first-order valence-corrected chi connectivity index (χ1v) is 6.78. The molecule has 2 aromatic rings. The van der Waals surface area contributed by atoms with Crippen molar-refractivity contribution in [3.05, 3.63) is 59.9 Å². The fourth-order valence-electron chi connectivity index (χ4n) is 1.85. The highest BCUT2D eigenvalue weighted by Gasteiger charge is 2.12. The molecule has 0 atom stereocenters. The van der Waals surface area contributed by atoms with Crippen LogP contribution in [0.2, 0.25) is 0 Å². The first-order valence-electron chi connectivity index (χ1n) is 6.78. The second kappa shape index (κ2) is 5.87. The van der Waals surface area contributed by atoms with Gasteiger partial charge in [-0.05, 0) is 42.2 Å². The van der Waals surface area contributed by atoms with E-state index in [1.54, 1.807) is 12.4 Å². The Kier molecular flexibility index (Phi) is 4.18. The summed E-state index contributed by atoms with van der Waals surface area (Å²) in [4.78, 5) is 4.00. The molecule has 2 rings (SSSR count). The predicted octanol–water partition coefficient (Wildman–Crippen LogP) is 4.22. The highest BCUT2D eigenvalue weighted by Crippen LogP contribution is 2.23. The molecule has 0 fully saturated rings. The molecule has 3 heteroatoms. The number of hydrogen-bond donors (Lipinski definition) is 1. The fourth-order valence-corrected chi connectivity index (χ4v) is 1.85. The molecule has 1 aromatic heterocycles. The van der Waals surface area contributed by atoms with Crippen molar-refractivity contribution in [2.45, 2.75) is 33.1 Å². The van der Waals surface area contributed by atoms with Crippen LogP contribution in [0.3, 0.4) is 0 Å². The molecular formula is C17H21N3. The predicted molar refractivity (Wildman–Crippen MR) is 85.2 cm³/mol. The molecule has 0 bridgehead atoms. The number of nitrogens with one attached hydrogen (secondary N) is 1. The summed E-state index contributed by atoms with van der Waals surface area (Å²) in [5.41, 5.74) is 7.58. The van der Waals surface area contributed by atoms with Crippen molar-refractivity contribution in [1.82, 2.24) is 4.98 Å². The van der Waals surface area contributed by atoms with Gasteiger partial charge in [0, 0.05) is 18.0 Å². The standard InChI is InChI=1S/C17H21N3/c1-13(14-9-11-18-12-10-14)19-20-16-7-5-15(6-8-16)17(2,3)4/h5-12,20H,1-4H3. The van der Waals surface area contributed by atoms with Crippen LogP contribution in [0.1, 0.15) is 38.8 Å². The number of aromatic nitrogens is 1. The van der Waals surface area contributed by atoms with Crippen molar-refractivity contribution < 1.29 is 0 Å². The third-order valence-corrected chi connectivity index (χ3v) is 3.20. The van der Waals surface area contributed by atoms with Crippen LogP contribution in [0, 0.1) is 0 Å². The van der Waals surface area contributed by atoms with E-state index in [9.17, 15) is 0 Å². The van der Waals surface area contributed by atoms with E-state index in [1.165, 1.54) is 5.56 Å². The molecule has 1 N–H and O–H groups in total. The first-order chi connectivity index (χ1) is 9.47. The largest absolute Gasteiger partial charge is 0.278 e. The van der Waals surface area contributed by atoms with Gasteiger partial charge in [0.05, 0.1) is 11.4 Å². The van der Waals surface area contributed by atoms with E-state index >= 15 is 0 Å². The minimum Gasteiger partial charge on any atom is -0.278 e. The number of benzene rings is 1. The molecule has 0 saturated heterocycles. The summed E-state index contributed by atoms with van der Waals surface area (Å²) in [5.74, 6) is 0. The van der Waals surface area contributed by atoms with Crippen molar-refractivity contribution in [3.8, 4) is 0 Å². The van der Waals surface area contributed by atoms with Crippen molar-refractivity contribution in [1.29, 1.82) is 0 Å². The molecule has 104 valence electrons. The van der Waals surface area contributed by atoms with E-state index in [1.807, 2.05) is 19.1 Å². The maximum atomic E-state index is 4.40. The minimum atomic E-state index is 0.175. The maximum Gasteiger partial charge on any atom is 0.0649 e. The molecule has 0 saturated carbocycles. The summed E-state index contributed by atoms with van der Waals surface area (Å²) in [5, 5.41) is 4.40. The summed E-state index contributed by atoms with van der Waals surface area (Å²) in [6, 6.07) is 12.3. The highest BCUT2D eigenvalue weighted by molar-refractivity contribution is 5.98. The van der Waals surface area contributed by atoms with Gasteiger partial charge in [-0.25, -0.2) is 0 Å². The van der Waals surface area contributed by atoms with Gasteiger partial charge in [-0.15, -0.1) is 0 Å². The van der Waals surface area contributed by atoms with Gasteiger partial charge in [0.25, 0.3) is 0 Å². The third kappa shape index (κ3) is 3.67. The lowest BCUT2D eigenvalue weighted by Crippen LogP contribution is -2.10. The highest BCUT2D eigenvalue weighted by atomic mass is 15.3. The van der Waals surface area contributed by atoms with E-state index in [-0.39, 0.29) is 5.41 Å². The van der Waals surface area contributed by atoms with E-state index in [0.717, 1.165) is 17.0 Å². The number of hydrogen-bond acceptors (Lipinski definition) is 3. The van der Waals surface area contributed by atoms with Crippen molar-refractivity contribution in [3.63, 3.8) is 0 Å². The van der Waals surface area contributed by atoms with Crippen molar-refractivity contribution >= 4 is 11.4 Å². The Balaban J connectivity index is 2.08. The number of hydrazone groups is 1. The van der Waals surface area contributed by atoms with Crippen molar-refractivity contribution in [2.24, 2.45) is 5.10 Å². The zero-order valence-corrected chi connectivity index (χ0v) is 12.5. The Morgan fingerprint density at radius 3 is 2.15 bits per heavy atom. The van der Waals surface area contributed by atoms with Gasteiger partial charge >= 0.3 is 0 Å². The lowest BCUT2D eigenvalue weighted by atomic mass is 9.87. The zero-order chi connectivity index (χ0) is 14.6. The number of rotatable bonds is 3. The normalized spacial score (nSPS) is 12.3. The Morgan fingerprint density at radius 1 is 1.00 bits per heavy atom. The van der Waals surface area contributed by atoms with Gasteiger partial charge in [-0.3, -0.25) is 10.4 Å². The van der Waals surface area contributed by atoms with E-state index in [0.29, 0.717) is 0 Å². The summed E-state index contributed by atoms with van der Waals surface area (Å²) in [6.45, 7) is 8.61. The SMILES string of the molecule is CC(=NNc1ccc(C(C)(C)C)cc1)c1ccncc1. The number of anilines is 1. The molecule has 0 radical (unpaired) electrons. The molecule has 0 spiro atoms. The topological polar surface area (TPSA) is 37.3 Å². The van der Waals surface area contributed by atoms with E-state index < -0.39 is 0 Å². The molecule has 0 aliphatic heterocycles. The molecule has 20 heavy (non-hydrogen) atoms. The van der Waals surface area contributed by atoms with Crippen LogP contribution in [-0.2, 0) is 5.41 Å². The van der Waals surface area contributed by atoms with Gasteiger partial charge in [-0.2, -0.15) is 5.10 Å². The van der Waals surface area contributed by atoms with Crippen LogP contribution >= 0.6 is 0 Å². The van der Waals surface area contributed by atoms with Crippen LogP contribution in [0.15, 0.2) is 53.9 Å². The van der Waals surface area contributed by atoms with Crippen LogP contribution < -0.4 is 5.43 Å². The molecule has 0 aliphatic rings. The zero-order valence-electron chi connectivity index (χ0n) is 12.5. The average molecular weight is 267 g/mol. The number of pyridine rings is 1. The lowest BCUT2D eigenvalue weighted by molar-refractivity contribution is 0.590. The molecule has 0 amide bonds. The second-order valence-electron chi connectivity index (χ2n) is 5.87. The summed E-state index contributed by atoms with van der Waals surface area (Å²) in [6.07, 6.45) is 3.54. The third-order valence-electron chi connectivity index (χ3n) is 3.20. The number of nitrogens with zero attached hydrogens (tertiary/aromatic N) is 2. The van der Waals surface area contributed by atoms with Gasteiger partial charge < -0.3 is 0 Å². The maximum absolute atomic E-state index is 4.40. The molecular weight excluding hydrogens is 246 g/mol. The van der Waals surface area contributed by atoms with E-state index in [4.69, 9.17) is 0 Å². The molecule has 3 nitrogen and oxygen atoms in total. The fraction of sp³-hybridized carbons (Fsp3) is 0.294. The van der Waals surface area contributed by atoms with Gasteiger partial charge in [-0.1, -0.05) is 32.9 Å². The molecule has 0 aliphatic carbocycles. The van der Waals surface area contributed by atoms with Crippen LogP contribution in [0.25, 0.3) is 0 Å². The molecule has 1 aromatic carbocycles. The Bertz CT molecular complexity index is 578. The van der Waals surface area contributed by atoms with Crippen molar-refractivity contribution in [2.75, 3.05) is 5.43 Å². The Labute approximate surface area is 120 Å². The molecule has 0 unspecified atom stereocenters. The van der Waals surface area contributed by atoms with Crippen LogP contribution in [-0.4, -0.2) is 10.7 Å². The second-order valence-corrected chi connectivity index (χ2v) is 5.87. The summed E-state index contributed by atoms with van der Waals surface area (Å²) >= 11 is 0. The van der Waals surface area contributed by atoms with Crippen LogP contribution in [0.5, 0.6) is 0 Å². The Morgan fingerprint density at radius 2 is 1.60 bits per heavy atom. The van der Waals surface area contributed by atoms with Gasteiger partial charge in [0.2, 0.25) is 0 Å². The smallest absolute Gasteiger partial charge is 0.0649 e. The van der Waals surface area contributed by atoms with Gasteiger partial charge in [0.15, 0.2) is 0 Å².